The van der Waals surface area contributed by atoms with E-state index in [9.17, 15) is 0 Å². The van der Waals surface area contributed by atoms with Crippen molar-refractivity contribution < 1.29 is 4.18 Å². The van der Waals surface area contributed by atoms with Gasteiger partial charge in [0.1, 0.15) is 6.33 Å². The Morgan fingerprint density at radius 3 is 2.71 bits per heavy atom. The van der Waals surface area contributed by atoms with E-state index in [4.69, 9.17) is 9.92 Å². The summed E-state index contributed by atoms with van der Waals surface area (Å²) in [6, 6.07) is 8.62. The van der Waals surface area contributed by atoms with Crippen molar-refractivity contribution in [1.82, 2.24) is 15.0 Å². The summed E-state index contributed by atoms with van der Waals surface area (Å²) in [5.74, 6) is 0.743. The van der Waals surface area contributed by atoms with E-state index in [0.717, 1.165) is 17.7 Å². The van der Waals surface area contributed by atoms with Gasteiger partial charge in [-0.3, -0.25) is 0 Å². The lowest BCUT2D eigenvalue weighted by Crippen LogP contribution is -2.18. The molecule has 0 radical (unpaired) electrons. The molecule has 7 heteroatoms. The second kappa shape index (κ2) is 7.80. The van der Waals surface area contributed by atoms with E-state index in [1.165, 1.54) is 23.9 Å². The number of nitrogens with two attached hydrogens (primary N) is 1. The Hall–Kier alpha value is -1.86. The van der Waals surface area contributed by atoms with E-state index < -0.39 is 0 Å². The Labute approximate surface area is 128 Å². The van der Waals surface area contributed by atoms with E-state index >= 15 is 0 Å². The molecule has 0 amide bonds. The lowest BCUT2D eigenvalue weighted by Gasteiger charge is -2.13. The molecule has 3 N–H and O–H groups in total. The summed E-state index contributed by atoms with van der Waals surface area (Å²) in [5, 5.41) is 3.22. The Morgan fingerprint density at radius 2 is 2.05 bits per heavy atom. The minimum Gasteiger partial charge on any atom is -0.368 e. The Bertz CT molecular complexity index is 564. The summed E-state index contributed by atoms with van der Waals surface area (Å²) in [5.41, 5.74) is 6.81. The number of nitrogens with one attached hydrogen (secondary N) is 1. The maximum Gasteiger partial charge on any atom is 0.227 e. The molecule has 112 valence electrons. The van der Waals surface area contributed by atoms with Gasteiger partial charge in [0.2, 0.25) is 11.9 Å². The predicted molar refractivity (Wildman–Crippen MR) is 85.0 cm³/mol. The first-order chi connectivity index (χ1) is 10.2. The van der Waals surface area contributed by atoms with Crippen LogP contribution in [-0.2, 0) is 10.6 Å². The number of nitrogens with zero attached hydrogens (tertiary/aromatic N) is 3. The zero-order chi connectivity index (χ0) is 15.1. The van der Waals surface area contributed by atoms with Crippen LogP contribution in [0.5, 0.6) is 0 Å². The number of hydrogen-bond acceptors (Lipinski definition) is 7. The van der Waals surface area contributed by atoms with Crippen LogP contribution >= 0.6 is 12.0 Å². The van der Waals surface area contributed by atoms with E-state index in [0.29, 0.717) is 5.95 Å². The van der Waals surface area contributed by atoms with Crippen molar-refractivity contribution in [3.63, 3.8) is 0 Å². The zero-order valence-corrected chi connectivity index (χ0v) is 12.9. The molecule has 0 aliphatic heterocycles. The summed E-state index contributed by atoms with van der Waals surface area (Å²) in [4.78, 5) is 12.9. The molecule has 0 aliphatic carbocycles. The van der Waals surface area contributed by atoms with Crippen LogP contribution in [0.3, 0.4) is 0 Å². The highest BCUT2D eigenvalue weighted by Gasteiger charge is 2.05. The highest BCUT2D eigenvalue weighted by Crippen LogP contribution is 2.19. The minimum atomic E-state index is 0.228. The molecule has 1 aromatic carbocycles. The minimum absolute atomic E-state index is 0.228. The first-order valence-electron chi connectivity index (χ1n) is 6.68. The second-order valence-corrected chi connectivity index (χ2v) is 5.62. The number of rotatable bonds is 7. The van der Waals surface area contributed by atoms with Crippen molar-refractivity contribution in [2.45, 2.75) is 30.7 Å². The van der Waals surface area contributed by atoms with Crippen molar-refractivity contribution >= 4 is 23.9 Å². The van der Waals surface area contributed by atoms with Gasteiger partial charge in [-0.15, -0.1) is 0 Å². The van der Waals surface area contributed by atoms with Gasteiger partial charge in [-0.1, -0.05) is 12.1 Å². The smallest absolute Gasteiger partial charge is 0.227 e. The van der Waals surface area contributed by atoms with E-state index in [1.54, 1.807) is 7.11 Å². The van der Waals surface area contributed by atoms with Crippen LogP contribution < -0.4 is 11.1 Å². The maximum atomic E-state index is 5.52. The summed E-state index contributed by atoms with van der Waals surface area (Å²) in [6.45, 7) is 2.09. The second-order valence-electron chi connectivity index (χ2n) is 4.65. The molecule has 1 aromatic heterocycles. The molecule has 0 saturated heterocycles. The highest BCUT2D eigenvalue weighted by atomic mass is 32.2. The number of aromatic nitrogens is 3. The van der Waals surface area contributed by atoms with Gasteiger partial charge >= 0.3 is 0 Å². The highest BCUT2D eigenvalue weighted by molar-refractivity contribution is 7.94. The van der Waals surface area contributed by atoms with E-state index in [1.807, 2.05) is 0 Å². The van der Waals surface area contributed by atoms with E-state index in [2.05, 4.69) is 51.5 Å². The summed E-state index contributed by atoms with van der Waals surface area (Å²) in [6.07, 6.45) is 3.36. The molecule has 0 aliphatic rings. The molecule has 6 nitrogen and oxygen atoms in total. The zero-order valence-electron chi connectivity index (χ0n) is 12.1. The quantitative estimate of drug-likeness (QED) is 0.760. The van der Waals surface area contributed by atoms with Gasteiger partial charge in [-0.2, -0.15) is 4.98 Å². The summed E-state index contributed by atoms with van der Waals surface area (Å²) >= 11 is 1.36. The number of aryl methyl sites for hydroxylation is 1. The van der Waals surface area contributed by atoms with Gasteiger partial charge in [-0.05, 0) is 37.5 Å². The first-order valence-corrected chi connectivity index (χ1v) is 7.42. The van der Waals surface area contributed by atoms with Gasteiger partial charge < -0.3 is 15.2 Å². The average Bonchev–Trinajstić information content (AvgIpc) is 2.47. The molecule has 1 unspecified atom stereocenters. The largest absolute Gasteiger partial charge is 0.368 e. The topological polar surface area (TPSA) is 86.0 Å². The van der Waals surface area contributed by atoms with Crippen LogP contribution in [0, 0.1) is 0 Å². The Kier molecular flexibility index (Phi) is 5.77. The molecule has 2 aromatic rings. The van der Waals surface area contributed by atoms with E-state index in [-0.39, 0.29) is 12.0 Å². The number of benzene rings is 1. The van der Waals surface area contributed by atoms with Gasteiger partial charge in [0.25, 0.3) is 0 Å². The normalized spacial score (nSPS) is 12.1. The molecule has 0 fully saturated rings. The third-order valence-corrected chi connectivity index (χ3v) is 3.57. The lowest BCUT2D eigenvalue weighted by atomic mass is 10.1. The molecule has 1 atom stereocenters. The van der Waals surface area contributed by atoms with Crippen LogP contribution in [0.2, 0.25) is 0 Å². The van der Waals surface area contributed by atoms with Gasteiger partial charge in [0.05, 0.1) is 7.11 Å². The molecule has 1 heterocycles. The monoisotopic (exact) mass is 305 g/mol. The number of nitrogen functional groups attached to an aromatic ring is 1. The summed E-state index contributed by atoms with van der Waals surface area (Å²) in [7, 11) is 1.67. The van der Waals surface area contributed by atoms with Crippen molar-refractivity contribution in [1.29, 1.82) is 0 Å². The van der Waals surface area contributed by atoms with Crippen LogP contribution in [-0.4, -0.2) is 28.1 Å². The fraction of sp³-hybridized carbons (Fsp3) is 0.357. The standard InChI is InChI=1S/C14H19N5OS/c1-10(18-14-17-9-16-13(15)19-14)3-4-11-5-7-12(8-6-11)21-20-2/h5-10H,3-4H2,1-2H3,(H3,15,16,17,18,19). The maximum absolute atomic E-state index is 5.52. The van der Waals surface area contributed by atoms with Crippen LogP contribution in [0.25, 0.3) is 0 Å². The van der Waals surface area contributed by atoms with Gasteiger partial charge in [0.15, 0.2) is 0 Å². The Balaban J connectivity index is 1.82. The molecule has 21 heavy (non-hydrogen) atoms. The van der Waals surface area contributed by atoms with Crippen molar-refractivity contribution in [2.24, 2.45) is 0 Å². The number of anilines is 2. The fourth-order valence-corrected chi connectivity index (χ4v) is 2.30. The number of hydrogen-bond donors (Lipinski definition) is 2. The van der Waals surface area contributed by atoms with Crippen molar-refractivity contribution in [3.8, 4) is 0 Å². The molecular formula is C14H19N5OS. The molecule has 0 spiro atoms. The van der Waals surface area contributed by atoms with Crippen LogP contribution in [0.1, 0.15) is 18.9 Å². The molecule has 0 saturated carbocycles. The molecular weight excluding hydrogens is 286 g/mol. The Morgan fingerprint density at radius 1 is 1.29 bits per heavy atom. The van der Waals surface area contributed by atoms with Gasteiger partial charge in [-0.25, -0.2) is 9.97 Å². The summed E-state index contributed by atoms with van der Waals surface area (Å²) < 4.78 is 5.02. The van der Waals surface area contributed by atoms with Gasteiger partial charge in [0, 0.05) is 23.0 Å². The van der Waals surface area contributed by atoms with Crippen molar-refractivity contribution in [3.05, 3.63) is 36.2 Å². The first kappa shape index (κ1) is 15.5. The van der Waals surface area contributed by atoms with Crippen LogP contribution in [0.15, 0.2) is 35.5 Å². The molecule has 0 bridgehead atoms. The molecule has 2 rings (SSSR count). The SMILES string of the molecule is COSc1ccc(CCC(C)Nc2ncnc(N)n2)cc1. The third kappa shape index (κ3) is 5.20. The lowest BCUT2D eigenvalue weighted by molar-refractivity contribution is 0.490. The average molecular weight is 305 g/mol. The predicted octanol–water partition coefficient (Wildman–Crippen LogP) is 2.54. The van der Waals surface area contributed by atoms with Crippen molar-refractivity contribution in [2.75, 3.05) is 18.2 Å². The third-order valence-electron chi connectivity index (χ3n) is 2.93. The fourth-order valence-electron chi connectivity index (χ4n) is 1.86. The van der Waals surface area contributed by atoms with Crippen LogP contribution in [0.4, 0.5) is 11.9 Å².